The zero-order valence-electron chi connectivity index (χ0n) is 15.6. The molecular weight excluding hydrogens is 336 g/mol. The van der Waals surface area contributed by atoms with Gasteiger partial charge in [-0.15, -0.1) is 0 Å². The van der Waals surface area contributed by atoms with Crippen LogP contribution in [0.3, 0.4) is 0 Å². The lowest BCUT2D eigenvalue weighted by atomic mass is 9.76. The first-order valence-corrected chi connectivity index (χ1v) is 8.99. The summed E-state index contributed by atoms with van der Waals surface area (Å²) >= 11 is 1.21. The van der Waals surface area contributed by atoms with E-state index in [4.69, 9.17) is 5.11 Å². The van der Waals surface area contributed by atoms with Crippen molar-refractivity contribution in [3.05, 3.63) is 33.7 Å². The van der Waals surface area contributed by atoms with Crippen LogP contribution >= 0.6 is 11.8 Å². The van der Waals surface area contributed by atoms with Crippen molar-refractivity contribution in [2.75, 3.05) is 6.73 Å². The Morgan fingerprint density at radius 1 is 1.12 bits per heavy atom. The van der Waals surface area contributed by atoms with Crippen LogP contribution in [0.25, 0.3) is 6.08 Å². The van der Waals surface area contributed by atoms with Gasteiger partial charge in [-0.2, -0.15) is 0 Å². The number of hydrogen-bond donors (Lipinski definition) is 3. The second kappa shape index (κ2) is 6.84. The van der Waals surface area contributed by atoms with Crippen molar-refractivity contribution < 1.29 is 15.0 Å². The molecule has 0 aromatic heterocycles. The number of benzene rings is 1. The van der Waals surface area contributed by atoms with Crippen LogP contribution < -0.4 is 5.32 Å². The van der Waals surface area contributed by atoms with Crippen LogP contribution in [0.1, 0.15) is 58.2 Å². The molecule has 0 aliphatic carbocycles. The topological polar surface area (TPSA) is 81.9 Å². The van der Waals surface area contributed by atoms with Crippen LogP contribution in [0.5, 0.6) is 5.75 Å². The Hall–Kier alpha value is -1.79. The first-order valence-electron chi connectivity index (χ1n) is 8.17. The molecule has 3 N–H and O–H groups in total. The van der Waals surface area contributed by atoms with Gasteiger partial charge in [-0.1, -0.05) is 41.5 Å². The standard InChI is InChI=1S/C19H26N2O3S/c1-18(2,3)13-7-11(23)8-14(19(4,5)6)12(13)9-15-16(24)21-17(25-15)20-10-22/h7-9,22-23H,10H2,1-6H3,(H,20,21,24)/b15-9-. The normalized spacial score (nSPS) is 18.9. The third-order valence-electron chi connectivity index (χ3n) is 3.92. The summed E-state index contributed by atoms with van der Waals surface area (Å²) in [5, 5.41) is 22.2. The van der Waals surface area contributed by atoms with Crippen LogP contribution in [-0.2, 0) is 15.6 Å². The van der Waals surface area contributed by atoms with Crippen molar-refractivity contribution in [1.29, 1.82) is 0 Å². The second-order valence-corrected chi connectivity index (χ2v) is 9.15. The molecule has 1 fully saturated rings. The number of rotatable bonds is 2. The van der Waals surface area contributed by atoms with Gasteiger partial charge in [-0.25, -0.2) is 4.99 Å². The van der Waals surface area contributed by atoms with Crippen molar-refractivity contribution in [2.45, 2.75) is 52.4 Å². The Balaban J connectivity index is 2.69. The summed E-state index contributed by atoms with van der Waals surface area (Å²) in [5.41, 5.74) is 2.50. The van der Waals surface area contributed by atoms with Crippen LogP contribution in [0.2, 0.25) is 0 Å². The number of hydrogen-bond acceptors (Lipinski definition) is 5. The average Bonchev–Trinajstić information content (AvgIpc) is 2.78. The molecule has 1 aliphatic heterocycles. The molecular formula is C19H26N2O3S. The Morgan fingerprint density at radius 3 is 2.08 bits per heavy atom. The van der Waals surface area contributed by atoms with Gasteiger partial charge in [-0.05, 0) is 57.5 Å². The molecule has 1 heterocycles. The number of carbonyl (C=O) groups is 1. The average molecular weight is 362 g/mol. The molecule has 1 saturated heterocycles. The second-order valence-electron chi connectivity index (χ2n) is 8.12. The van der Waals surface area contributed by atoms with E-state index in [1.807, 2.05) is 6.08 Å². The molecule has 0 atom stereocenters. The van der Waals surface area contributed by atoms with Crippen molar-refractivity contribution >= 4 is 28.9 Å². The highest BCUT2D eigenvalue weighted by Gasteiger charge is 2.29. The van der Waals surface area contributed by atoms with Gasteiger partial charge in [0.15, 0.2) is 5.17 Å². The number of aliphatic hydroxyl groups excluding tert-OH is 1. The van der Waals surface area contributed by atoms with Gasteiger partial charge in [0.2, 0.25) is 0 Å². The molecule has 5 nitrogen and oxygen atoms in total. The maximum atomic E-state index is 12.2. The Labute approximate surface area is 153 Å². The smallest absolute Gasteiger partial charge is 0.264 e. The lowest BCUT2D eigenvalue weighted by Gasteiger charge is -2.29. The third kappa shape index (κ3) is 4.44. The number of aliphatic hydroxyl groups is 1. The van der Waals surface area contributed by atoms with E-state index in [0.717, 1.165) is 16.7 Å². The summed E-state index contributed by atoms with van der Waals surface area (Å²) in [4.78, 5) is 16.6. The van der Waals surface area contributed by atoms with Crippen LogP contribution in [-0.4, -0.2) is 28.0 Å². The van der Waals surface area contributed by atoms with E-state index >= 15 is 0 Å². The van der Waals surface area contributed by atoms with Crippen LogP contribution in [0.4, 0.5) is 0 Å². The van der Waals surface area contributed by atoms with Gasteiger partial charge in [0.05, 0.1) is 4.91 Å². The predicted molar refractivity (Wildman–Crippen MR) is 104 cm³/mol. The van der Waals surface area contributed by atoms with E-state index in [2.05, 4.69) is 51.9 Å². The maximum absolute atomic E-state index is 12.2. The Morgan fingerprint density at radius 2 is 1.64 bits per heavy atom. The number of phenolic OH excluding ortho intramolecular Hbond substituents is 1. The summed E-state index contributed by atoms with van der Waals surface area (Å²) in [6, 6.07) is 3.53. The van der Waals surface area contributed by atoms with E-state index in [9.17, 15) is 9.90 Å². The largest absolute Gasteiger partial charge is 0.508 e. The number of amidine groups is 1. The van der Waals surface area contributed by atoms with Gasteiger partial charge in [0.25, 0.3) is 5.91 Å². The van der Waals surface area contributed by atoms with E-state index in [1.54, 1.807) is 12.1 Å². The zero-order valence-corrected chi connectivity index (χ0v) is 16.4. The fourth-order valence-corrected chi connectivity index (χ4v) is 3.53. The highest BCUT2D eigenvalue weighted by atomic mass is 32.2. The van der Waals surface area contributed by atoms with Gasteiger partial charge < -0.3 is 15.5 Å². The molecule has 1 aromatic rings. The summed E-state index contributed by atoms with van der Waals surface area (Å²) in [6.45, 7) is 12.1. The van der Waals surface area contributed by atoms with E-state index in [0.29, 0.717) is 10.1 Å². The SMILES string of the molecule is CC(C)(C)c1cc(O)cc(C(C)(C)C)c1/C=C1\SC(=NCO)NC1=O. The minimum atomic E-state index is -0.365. The molecule has 1 aliphatic rings. The maximum Gasteiger partial charge on any atom is 0.264 e. The molecule has 1 amide bonds. The van der Waals surface area contributed by atoms with Crippen molar-refractivity contribution in [3.63, 3.8) is 0 Å². The number of phenols is 1. The third-order valence-corrected chi connectivity index (χ3v) is 4.87. The number of nitrogens with zero attached hydrogens (tertiary/aromatic N) is 1. The molecule has 25 heavy (non-hydrogen) atoms. The number of thioether (sulfide) groups is 1. The predicted octanol–water partition coefficient (Wildman–Crippen LogP) is 3.50. The van der Waals surface area contributed by atoms with Gasteiger partial charge in [0, 0.05) is 0 Å². The summed E-state index contributed by atoms with van der Waals surface area (Å²) < 4.78 is 0. The minimum Gasteiger partial charge on any atom is -0.508 e. The quantitative estimate of drug-likeness (QED) is 0.703. The van der Waals surface area contributed by atoms with Crippen molar-refractivity contribution in [1.82, 2.24) is 5.32 Å². The first-order chi connectivity index (χ1) is 11.4. The highest BCUT2D eigenvalue weighted by Crippen LogP contribution is 2.39. The molecule has 0 unspecified atom stereocenters. The van der Waals surface area contributed by atoms with E-state index < -0.39 is 0 Å². The van der Waals surface area contributed by atoms with Crippen molar-refractivity contribution in [2.24, 2.45) is 4.99 Å². The van der Waals surface area contributed by atoms with Crippen molar-refractivity contribution in [3.8, 4) is 5.75 Å². The summed E-state index contributed by atoms with van der Waals surface area (Å²) in [6.07, 6.45) is 1.86. The summed E-state index contributed by atoms with van der Waals surface area (Å²) in [7, 11) is 0. The molecule has 136 valence electrons. The molecule has 1 aromatic carbocycles. The molecule has 0 bridgehead atoms. The molecule has 0 spiro atoms. The monoisotopic (exact) mass is 362 g/mol. The number of carbonyl (C=O) groups excluding carboxylic acids is 1. The van der Waals surface area contributed by atoms with Gasteiger partial charge in [0.1, 0.15) is 12.5 Å². The van der Waals surface area contributed by atoms with E-state index in [-0.39, 0.29) is 29.2 Å². The number of nitrogens with one attached hydrogen (secondary N) is 1. The Bertz CT molecular complexity index is 718. The number of aromatic hydroxyl groups is 1. The zero-order chi connectivity index (χ0) is 19.0. The van der Waals surface area contributed by atoms with Crippen LogP contribution in [0, 0.1) is 0 Å². The fourth-order valence-electron chi connectivity index (χ4n) is 2.73. The number of aliphatic imine (C=N–C) groups is 1. The van der Waals surface area contributed by atoms with Gasteiger partial charge >= 0.3 is 0 Å². The Kier molecular flexibility index (Phi) is 5.35. The minimum absolute atomic E-state index is 0.201. The molecule has 6 heteroatoms. The highest BCUT2D eigenvalue weighted by molar-refractivity contribution is 8.18. The number of amides is 1. The molecule has 2 rings (SSSR count). The molecule has 0 saturated carbocycles. The lowest BCUT2D eigenvalue weighted by molar-refractivity contribution is -0.115. The lowest BCUT2D eigenvalue weighted by Crippen LogP contribution is -2.21. The van der Waals surface area contributed by atoms with E-state index in [1.165, 1.54) is 11.8 Å². The summed E-state index contributed by atoms with van der Waals surface area (Å²) in [5.74, 6) is -0.00643. The first kappa shape index (κ1) is 19.5. The molecule has 0 radical (unpaired) electrons. The fraction of sp³-hybridized carbons (Fsp3) is 0.474. The van der Waals surface area contributed by atoms with Gasteiger partial charge in [-0.3, -0.25) is 4.79 Å². The van der Waals surface area contributed by atoms with Crippen LogP contribution in [0.15, 0.2) is 22.0 Å².